The van der Waals surface area contributed by atoms with Gasteiger partial charge < -0.3 is 14.8 Å². The summed E-state index contributed by atoms with van der Waals surface area (Å²) in [7, 11) is 2.86. The Morgan fingerprint density at radius 2 is 1.55 bits per heavy atom. The smallest absolute Gasteiger partial charge is 0.341 e. The van der Waals surface area contributed by atoms with Gasteiger partial charge in [0.1, 0.15) is 10.8 Å². The Labute approximate surface area is 184 Å². The number of thiophene rings is 1. The first-order valence-corrected chi connectivity index (χ1v) is 10.5. The third-order valence-electron chi connectivity index (χ3n) is 5.11. The van der Waals surface area contributed by atoms with Crippen LogP contribution in [-0.4, -0.2) is 26.1 Å². The van der Waals surface area contributed by atoms with E-state index >= 15 is 0 Å². The summed E-state index contributed by atoms with van der Waals surface area (Å²) in [6, 6.07) is 21.1. The molecule has 0 saturated carbocycles. The van der Waals surface area contributed by atoms with Crippen LogP contribution < -0.4 is 10.1 Å². The number of hydrogen-bond acceptors (Lipinski definition) is 5. The average molecular weight is 432 g/mol. The zero-order chi connectivity index (χ0) is 22.0. The van der Waals surface area contributed by atoms with Crippen LogP contribution in [0.1, 0.15) is 26.3 Å². The van der Waals surface area contributed by atoms with Gasteiger partial charge in [0, 0.05) is 4.88 Å². The highest BCUT2D eigenvalue weighted by Gasteiger charge is 2.25. The summed E-state index contributed by atoms with van der Waals surface area (Å²) in [6.07, 6.45) is 0. The second-order valence-electron chi connectivity index (χ2n) is 6.97. The molecule has 1 amide bonds. The molecule has 4 rings (SSSR count). The van der Waals surface area contributed by atoms with Gasteiger partial charge in [-0.25, -0.2) is 4.79 Å². The second-order valence-corrected chi connectivity index (χ2v) is 7.99. The lowest BCUT2D eigenvalue weighted by atomic mass is 10.0. The van der Waals surface area contributed by atoms with E-state index in [4.69, 9.17) is 9.47 Å². The Morgan fingerprint density at radius 3 is 2.19 bits per heavy atom. The van der Waals surface area contributed by atoms with Gasteiger partial charge in [-0.1, -0.05) is 54.6 Å². The standard InChI is InChI=1S/C25H21NO4S/c1-15-21(25(28)30-3)24(31-22(15)16-9-5-4-6-10-16)26-23(27)19-13-17-11-7-8-12-18(17)14-20(19)29-2/h4-14H,1-3H3,(H,26,27). The molecule has 156 valence electrons. The van der Waals surface area contributed by atoms with Crippen molar-refractivity contribution in [2.24, 2.45) is 0 Å². The van der Waals surface area contributed by atoms with E-state index in [1.165, 1.54) is 25.6 Å². The number of ether oxygens (including phenoxy) is 2. The largest absolute Gasteiger partial charge is 0.496 e. The number of carbonyl (C=O) groups is 2. The zero-order valence-corrected chi connectivity index (χ0v) is 18.2. The molecule has 31 heavy (non-hydrogen) atoms. The van der Waals surface area contributed by atoms with Gasteiger partial charge in [-0.05, 0) is 41.0 Å². The molecule has 1 heterocycles. The van der Waals surface area contributed by atoms with Gasteiger partial charge in [0.25, 0.3) is 5.91 Å². The third kappa shape index (κ3) is 3.90. The van der Waals surface area contributed by atoms with Gasteiger partial charge in [0.2, 0.25) is 0 Å². The first kappa shape index (κ1) is 20.6. The van der Waals surface area contributed by atoms with Crippen molar-refractivity contribution in [2.45, 2.75) is 6.92 Å². The van der Waals surface area contributed by atoms with E-state index in [1.54, 1.807) is 6.07 Å². The molecule has 0 fully saturated rings. The summed E-state index contributed by atoms with van der Waals surface area (Å²) in [5, 5.41) is 5.26. The van der Waals surface area contributed by atoms with Crippen LogP contribution in [-0.2, 0) is 4.74 Å². The molecule has 6 heteroatoms. The van der Waals surface area contributed by atoms with Crippen molar-refractivity contribution in [3.05, 3.63) is 83.4 Å². The van der Waals surface area contributed by atoms with Crippen molar-refractivity contribution in [2.75, 3.05) is 19.5 Å². The van der Waals surface area contributed by atoms with Crippen molar-refractivity contribution in [3.63, 3.8) is 0 Å². The molecule has 0 unspecified atom stereocenters. The molecule has 0 aliphatic heterocycles. The van der Waals surface area contributed by atoms with Gasteiger partial charge in [-0.15, -0.1) is 11.3 Å². The first-order chi connectivity index (χ1) is 15.0. The van der Waals surface area contributed by atoms with Crippen LogP contribution in [0.5, 0.6) is 5.75 Å². The number of methoxy groups -OCH3 is 2. The number of fused-ring (bicyclic) bond motifs is 1. The summed E-state index contributed by atoms with van der Waals surface area (Å²) >= 11 is 1.35. The Hall–Kier alpha value is -3.64. The van der Waals surface area contributed by atoms with Crippen LogP contribution in [0.2, 0.25) is 0 Å². The predicted octanol–water partition coefficient (Wildman–Crippen LogP) is 5.92. The highest BCUT2D eigenvalue weighted by atomic mass is 32.1. The third-order valence-corrected chi connectivity index (χ3v) is 6.37. The Balaban J connectivity index is 1.78. The van der Waals surface area contributed by atoms with E-state index in [-0.39, 0.29) is 5.91 Å². The fraction of sp³-hybridized carbons (Fsp3) is 0.120. The molecule has 1 N–H and O–H groups in total. The SMILES string of the molecule is COC(=O)c1c(NC(=O)c2cc3ccccc3cc2OC)sc(-c2ccccc2)c1C. The van der Waals surface area contributed by atoms with Crippen LogP contribution in [0.25, 0.3) is 21.2 Å². The second kappa shape index (κ2) is 8.62. The minimum Gasteiger partial charge on any atom is -0.496 e. The van der Waals surface area contributed by atoms with E-state index in [1.807, 2.05) is 67.6 Å². The molecule has 0 saturated heterocycles. The monoisotopic (exact) mass is 431 g/mol. The summed E-state index contributed by atoms with van der Waals surface area (Å²) in [4.78, 5) is 26.6. The molecule has 3 aromatic carbocycles. The number of carbonyl (C=O) groups excluding carboxylic acids is 2. The first-order valence-electron chi connectivity index (χ1n) is 9.68. The van der Waals surface area contributed by atoms with Crippen LogP contribution in [0.3, 0.4) is 0 Å². The number of rotatable bonds is 5. The van der Waals surface area contributed by atoms with E-state index < -0.39 is 5.97 Å². The molecule has 0 atom stereocenters. The summed E-state index contributed by atoms with van der Waals surface area (Å²) in [5.41, 5.74) is 2.49. The lowest BCUT2D eigenvalue weighted by molar-refractivity contribution is 0.0601. The fourth-order valence-electron chi connectivity index (χ4n) is 3.55. The maximum absolute atomic E-state index is 13.2. The molecule has 0 bridgehead atoms. The lowest BCUT2D eigenvalue weighted by Gasteiger charge is -2.11. The van der Waals surface area contributed by atoms with Crippen LogP contribution >= 0.6 is 11.3 Å². The molecule has 0 aliphatic rings. The molecular formula is C25H21NO4S. The van der Waals surface area contributed by atoms with Crippen molar-refractivity contribution >= 4 is 39.0 Å². The van der Waals surface area contributed by atoms with Gasteiger partial charge in [-0.2, -0.15) is 0 Å². The highest BCUT2D eigenvalue weighted by molar-refractivity contribution is 7.20. The van der Waals surface area contributed by atoms with Crippen molar-refractivity contribution < 1.29 is 19.1 Å². The molecule has 4 aromatic rings. The van der Waals surface area contributed by atoms with Gasteiger partial charge in [0.15, 0.2) is 0 Å². The number of amides is 1. The molecule has 1 aromatic heterocycles. The number of benzene rings is 3. The van der Waals surface area contributed by atoms with Crippen molar-refractivity contribution in [1.29, 1.82) is 0 Å². The number of hydrogen-bond donors (Lipinski definition) is 1. The minimum absolute atomic E-state index is 0.353. The zero-order valence-electron chi connectivity index (χ0n) is 17.4. The fourth-order valence-corrected chi connectivity index (χ4v) is 4.75. The topological polar surface area (TPSA) is 64.6 Å². The van der Waals surface area contributed by atoms with Crippen LogP contribution in [0.4, 0.5) is 5.00 Å². The summed E-state index contributed by atoms with van der Waals surface area (Å²) in [6.45, 7) is 1.86. The molecular weight excluding hydrogens is 410 g/mol. The summed E-state index contributed by atoms with van der Waals surface area (Å²) < 4.78 is 10.4. The number of esters is 1. The normalized spacial score (nSPS) is 10.7. The predicted molar refractivity (Wildman–Crippen MR) is 124 cm³/mol. The van der Waals surface area contributed by atoms with Crippen LogP contribution in [0.15, 0.2) is 66.7 Å². The van der Waals surface area contributed by atoms with E-state index in [9.17, 15) is 9.59 Å². The maximum atomic E-state index is 13.2. The molecule has 0 radical (unpaired) electrons. The molecule has 0 spiro atoms. The molecule has 5 nitrogen and oxygen atoms in total. The lowest BCUT2D eigenvalue weighted by Crippen LogP contribution is -2.15. The van der Waals surface area contributed by atoms with Crippen molar-refractivity contribution in [1.82, 2.24) is 0 Å². The van der Waals surface area contributed by atoms with E-state index in [0.717, 1.165) is 26.8 Å². The van der Waals surface area contributed by atoms with E-state index in [0.29, 0.717) is 21.9 Å². The van der Waals surface area contributed by atoms with E-state index in [2.05, 4.69) is 5.32 Å². The Bertz CT molecular complexity index is 1280. The quantitative estimate of drug-likeness (QED) is 0.398. The summed E-state index contributed by atoms with van der Waals surface area (Å²) in [5.74, 6) is -0.377. The van der Waals surface area contributed by atoms with Gasteiger partial charge in [0.05, 0.1) is 25.3 Å². The average Bonchev–Trinajstić information content (AvgIpc) is 3.13. The van der Waals surface area contributed by atoms with Gasteiger partial charge in [-0.3, -0.25) is 4.79 Å². The molecule has 0 aliphatic carbocycles. The van der Waals surface area contributed by atoms with Crippen LogP contribution in [0, 0.1) is 6.92 Å². The van der Waals surface area contributed by atoms with Crippen molar-refractivity contribution in [3.8, 4) is 16.2 Å². The number of anilines is 1. The minimum atomic E-state index is -0.489. The Kier molecular flexibility index (Phi) is 5.73. The highest BCUT2D eigenvalue weighted by Crippen LogP contribution is 2.40. The number of nitrogens with one attached hydrogen (secondary N) is 1. The Morgan fingerprint density at radius 1 is 0.903 bits per heavy atom. The maximum Gasteiger partial charge on any atom is 0.341 e. The van der Waals surface area contributed by atoms with Gasteiger partial charge >= 0.3 is 5.97 Å².